The van der Waals surface area contributed by atoms with E-state index in [9.17, 15) is 9.59 Å². The van der Waals surface area contributed by atoms with E-state index in [2.05, 4.69) is 0 Å². The molecule has 0 bridgehead atoms. The van der Waals surface area contributed by atoms with Crippen LogP contribution < -0.4 is 9.47 Å². The van der Waals surface area contributed by atoms with Crippen molar-refractivity contribution in [2.75, 3.05) is 46.6 Å². The number of carbonyl (C=O) groups excluding carboxylic acids is 2. The van der Waals surface area contributed by atoms with E-state index in [1.165, 1.54) is 11.8 Å². The third kappa shape index (κ3) is 5.68. The van der Waals surface area contributed by atoms with Crippen LogP contribution in [0.25, 0.3) is 6.08 Å². The number of benzene rings is 2. The van der Waals surface area contributed by atoms with Crippen LogP contribution in [0.5, 0.6) is 11.5 Å². The first-order chi connectivity index (χ1) is 17.0. The zero-order chi connectivity index (χ0) is 24.8. The molecule has 2 saturated heterocycles. The minimum atomic E-state index is -0.107. The molecule has 2 aliphatic heterocycles. The summed E-state index contributed by atoms with van der Waals surface area (Å²) in [6.45, 7) is 7.11. The molecule has 0 unspecified atom stereocenters. The van der Waals surface area contributed by atoms with E-state index in [1.54, 1.807) is 29.0 Å². The molecule has 0 spiro atoms. The van der Waals surface area contributed by atoms with Crippen molar-refractivity contribution in [2.24, 2.45) is 4.99 Å². The van der Waals surface area contributed by atoms with Gasteiger partial charge in [-0.05, 0) is 67.6 Å². The molecule has 8 nitrogen and oxygen atoms in total. The second kappa shape index (κ2) is 11.4. The number of hydrogen-bond acceptors (Lipinski definition) is 7. The quantitative estimate of drug-likeness (QED) is 0.536. The molecule has 4 rings (SSSR count). The van der Waals surface area contributed by atoms with Gasteiger partial charge in [-0.25, -0.2) is 4.99 Å². The van der Waals surface area contributed by atoms with Crippen LogP contribution in [0.2, 0.25) is 0 Å². The number of morpholine rings is 1. The molecule has 0 N–H and O–H groups in total. The van der Waals surface area contributed by atoms with Crippen molar-refractivity contribution >= 4 is 40.5 Å². The van der Waals surface area contributed by atoms with Crippen molar-refractivity contribution < 1.29 is 23.8 Å². The third-order valence-electron chi connectivity index (χ3n) is 5.61. The van der Waals surface area contributed by atoms with E-state index < -0.39 is 0 Å². The van der Waals surface area contributed by atoms with E-state index >= 15 is 0 Å². The first-order valence-electron chi connectivity index (χ1n) is 11.6. The molecular weight excluding hydrogens is 466 g/mol. The first-order valence-corrected chi connectivity index (χ1v) is 12.4. The van der Waals surface area contributed by atoms with Gasteiger partial charge in [0.25, 0.3) is 11.8 Å². The number of aliphatic imine (C=N–C) groups is 1. The summed E-state index contributed by atoms with van der Waals surface area (Å²) >= 11 is 1.31. The normalized spacial score (nSPS) is 18.4. The Morgan fingerprint density at radius 3 is 2.66 bits per heavy atom. The lowest BCUT2D eigenvalue weighted by molar-refractivity contribution is -0.122. The van der Waals surface area contributed by atoms with Gasteiger partial charge in [0.15, 0.2) is 16.7 Å². The van der Waals surface area contributed by atoms with Crippen LogP contribution in [0.3, 0.4) is 0 Å². The maximum Gasteiger partial charge on any atom is 0.266 e. The average molecular weight is 496 g/mol. The van der Waals surface area contributed by atoms with E-state index in [0.29, 0.717) is 72.3 Å². The smallest absolute Gasteiger partial charge is 0.266 e. The Balaban J connectivity index is 1.58. The number of methoxy groups -OCH3 is 1. The molecule has 184 valence electrons. The maximum absolute atomic E-state index is 13.1. The number of likely N-dealkylation sites (N-methyl/N-ethyl adjacent to an activating group) is 1. The Kier molecular flexibility index (Phi) is 8.09. The largest absolute Gasteiger partial charge is 0.493 e. The molecule has 2 aliphatic rings. The zero-order valence-electron chi connectivity index (χ0n) is 20.2. The van der Waals surface area contributed by atoms with E-state index in [0.717, 1.165) is 5.56 Å². The number of rotatable bonds is 7. The molecule has 0 aliphatic carbocycles. The second-order valence-electron chi connectivity index (χ2n) is 7.85. The topological polar surface area (TPSA) is 80.7 Å². The molecule has 0 radical (unpaired) electrons. The summed E-state index contributed by atoms with van der Waals surface area (Å²) in [6.07, 6.45) is 1.83. The van der Waals surface area contributed by atoms with Crippen LogP contribution in [0.15, 0.2) is 52.4 Å². The Morgan fingerprint density at radius 1 is 1.14 bits per heavy atom. The van der Waals surface area contributed by atoms with Crippen LogP contribution in [-0.2, 0) is 9.53 Å². The van der Waals surface area contributed by atoms with Gasteiger partial charge in [0, 0.05) is 25.2 Å². The molecule has 2 heterocycles. The van der Waals surface area contributed by atoms with E-state index in [-0.39, 0.29) is 11.8 Å². The molecule has 35 heavy (non-hydrogen) atoms. The van der Waals surface area contributed by atoms with Crippen LogP contribution >= 0.6 is 11.8 Å². The van der Waals surface area contributed by atoms with Crippen molar-refractivity contribution in [3.63, 3.8) is 0 Å². The van der Waals surface area contributed by atoms with Gasteiger partial charge in [-0.1, -0.05) is 12.1 Å². The Morgan fingerprint density at radius 2 is 1.94 bits per heavy atom. The summed E-state index contributed by atoms with van der Waals surface area (Å²) in [4.78, 5) is 34.6. The molecule has 2 fully saturated rings. The van der Waals surface area contributed by atoms with Crippen LogP contribution in [0.4, 0.5) is 5.69 Å². The highest BCUT2D eigenvalue weighted by Gasteiger charge is 2.32. The van der Waals surface area contributed by atoms with Gasteiger partial charge in [-0.2, -0.15) is 0 Å². The van der Waals surface area contributed by atoms with E-state index in [1.807, 2.05) is 50.3 Å². The van der Waals surface area contributed by atoms with Crippen molar-refractivity contribution in [1.29, 1.82) is 0 Å². The van der Waals surface area contributed by atoms with Gasteiger partial charge in [-0.3, -0.25) is 14.5 Å². The molecular formula is C26H29N3O5S. The Bertz CT molecular complexity index is 1160. The van der Waals surface area contributed by atoms with Crippen molar-refractivity contribution in [2.45, 2.75) is 13.8 Å². The second-order valence-corrected chi connectivity index (χ2v) is 8.86. The number of hydrogen-bond donors (Lipinski definition) is 0. The zero-order valence-corrected chi connectivity index (χ0v) is 21.0. The number of ether oxygens (including phenoxy) is 3. The predicted molar refractivity (Wildman–Crippen MR) is 137 cm³/mol. The molecule has 2 aromatic carbocycles. The lowest BCUT2D eigenvalue weighted by Gasteiger charge is -2.26. The summed E-state index contributed by atoms with van der Waals surface area (Å²) in [7, 11) is 1.59. The van der Waals surface area contributed by atoms with E-state index in [4.69, 9.17) is 19.2 Å². The van der Waals surface area contributed by atoms with Crippen molar-refractivity contribution in [3.8, 4) is 11.5 Å². The molecule has 0 atom stereocenters. The predicted octanol–water partition coefficient (Wildman–Crippen LogP) is 4.19. The number of carbonyl (C=O) groups is 2. The third-order valence-corrected chi connectivity index (χ3v) is 6.61. The molecule has 2 amide bonds. The maximum atomic E-state index is 13.1. The summed E-state index contributed by atoms with van der Waals surface area (Å²) < 4.78 is 16.3. The fourth-order valence-electron chi connectivity index (χ4n) is 3.84. The van der Waals surface area contributed by atoms with Crippen molar-refractivity contribution in [3.05, 3.63) is 58.5 Å². The minimum absolute atomic E-state index is 0.0390. The number of amides is 2. The van der Waals surface area contributed by atoms with Crippen molar-refractivity contribution in [1.82, 2.24) is 9.80 Å². The Labute approximate surface area is 209 Å². The fraction of sp³-hybridized carbons (Fsp3) is 0.346. The molecule has 9 heteroatoms. The standard InChI is InChI=1S/C26H29N3O5S/c1-4-29-25(31)23(16-18-9-10-21(34-5-2)22(15-18)32-3)35-26(29)27-20-8-6-7-19(17-20)24(30)28-11-13-33-14-12-28/h6-10,15-17H,4-5,11-14H2,1-3H3/b23-16+,27-26?. The number of amidine groups is 1. The minimum Gasteiger partial charge on any atom is -0.493 e. The Hall–Kier alpha value is -3.30. The SMILES string of the molecule is CCOc1ccc(/C=C2/SC(=Nc3cccc(C(=O)N4CCOCC4)c3)N(CC)C2=O)cc1OC. The summed E-state index contributed by atoms with van der Waals surface area (Å²) in [6, 6.07) is 12.8. The van der Waals surface area contributed by atoms with Gasteiger partial charge in [0.05, 0.1) is 37.5 Å². The summed E-state index contributed by atoms with van der Waals surface area (Å²) in [5, 5.41) is 0.581. The van der Waals surface area contributed by atoms with Crippen LogP contribution in [-0.4, -0.2) is 73.3 Å². The lowest BCUT2D eigenvalue weighted by atomic mass is 10.1. The molecule has 2 aromatic rings. The van der Waals surface area contributed by atoms with Gasteiger partial charge >= 0.3 is 0 Å². The van der Waals surface area contributed by atoms with Gasteiger partial charge in [0.2, 0.25) is 0 Å². The number of thioether (sulfide) groups is 1. The molecule has 0 aromatic heterocycles. The lowest BCUT2D eigenvalue weighted by Crippen LogP contribution is -2.40. The monoisotopic (exact) mass is 495 g/mol. The first kappa shape index (κ1) is 24.8. The van der Waals surface area contributed by atoms with Crippen LogP contribution in [0.1, 0.15) is 29.8 Å². The highest BCUT2D eigenvalue weighted by Crippen LogP contribution is 2.36. The van der Waals surface area contributed by atoms with Crippen LogP contribution in [0, 0.1) is 0 Å². The highest BCUT2D eigenvalue weighted by atomic mass is 32.2. The molecule has 0 saturated carbocycles. The van der Waals surface area contributed by atoms with Gasteiger partial charge < -0.3 is 19.1 Å². The number of nitrogens with zero attached hydrogens (tertiary/aromatic N) is 3. The highest BCUT2D eigenvalue weighted by molar-refractivity contribution is 8.18. The fourth-order valence-corrected chi connectivity index (χ4v) is 4.90. The van der Waals surface area contributed by atoms with Gasteiger partial charge in [0.1, 0.15) is 0 Å². The van der Waals surface area contributed by atoms with Gasteiger partial charge in [-0.15, -0.1) is 0 Å². The summed E-state index contributed by atoms with van der Waals surface area (Å²) in [5.74, 6) is 1.12. The summed E-state index contributed by atoms with van der Waals surface area (Å²) in [5.41, 5.74) is 2.03. The average Bonchev–Trinajstić information content (AvgIpc) is 3.18.